The van der Waals surface area contributed by atoms with Gasteiger partial charge in [-0.3, -0.25) is 0 Å². The lowest BCUT2D eigenvalue weighted by molar-refractivity contribution is 0.0524. The van der Waals surface area contributed by atoms with Gasteiger partial charge in [-0.05, 0) is 56.1 Å². The molecular weight excluding hydrogens is 348 g/mol. The van der Waals surface area contributed by atoms with E-state index in [1.165, 1.54) is 43.2 Å². The van der Waals surface area contributed by atoms with Crippen LogP contribution in [-0.4, -0.2) is 38.4 Å². The van der Waals surface area contributed by atoms with Gasteiger partial charge in [0.1, 0.15) is 5.75 Å². The minimum absolute atomic E-state index is 0. The van der Waals surface area contributed by atoms with Crippen molar-refractivity contribution in [3.8, 4) is 5.75 Å². The molecule has 0 radical (unpaired) electrons. The number of halogens is 1. The first-order valence-electron chi connectivity index (χ1n) is 10.1. The molecule has 4 rings (SSSR count). The van der Waals surface area contributed by atoms with Crippen LogP contribution in [0.1, 0.15) is 43.2 Å². The second-order valence-electron chi connectivity index (χ2n) is 8.08. The largest absolute Gasteiger partial charge is 0.493 e. The Morgan fingerprint density at radius 3 is 2.88 bits per heavy atom. The monoisotopic (exact) mass is 380 g/mol. The summed E-state index contributed by atoms with van der Waals surface area (Å²) in [6.07, 6.45) is 6.56. The standard InChI is InChI=1S/C21H32N2O2.ClH/c1-15-5-8-17(21(11-15)25-13-16-6-7-16)12-23-19-4-2-3-18(19)20-14-24-10-9-22-20;/h5,8,11,16,18-20,22-23H,2-4,6-7,9-10,12-14H2,1H3;1H. The van der Waals surface area contributed by atoms with E-state index in [4.69, 9.17) is 9.47 Å². The number of nitrogens with one attached hydrogen (secondary N) is 2. The fraction of sp³-hybridized carbons (Fsp3) is 0.714. The van der Waals surface area contributed by atoms with Crippen molar-refractivity contribution in [2.75, 3.05) is 26.4 Å². The van der Waals surface area contributed by atoms with Crippen molar-refractivity contribution >= 4 is 12.4 Å². The Kier molecular flexibility index (Phi) is 7.21. The quantitative estimate of drug-likeness (QED) is 0.760. The predicted octanol–water partition coefficient (Wildman–Crippen LogP) is 3.45. The minimum atomic E-state index is 0. The Bertz CT molecular complexity index is 573. The fourth-order valence-electron chi connectivity index (χ4n) is 4.26. The number of ether oxygens (including phenoxy) is 2. The summed E-state index contributed by atoms with van der Waals surface area (Å²) < 4.78 is 11.8. The van der Waals surface area contributed by atoms with Gasteiger partial charge in [-0.25, -0.2) is 0 Å². The van der Waals surface area contributed by atoms with E-state index >= 15 is 0 Å². The van der Waals surface area contributed by atoms with Crippen LogP contribution < -0.4 is 15.4 Å². The Hall–Kier alpha value is -0.810. The molecule has 4 nitrogen and oxygen atoms in total. The van der Waals surface area contributed by atoms with Crippen LogP contribution in [0.15, 0.2) is 18.2 Å². The molecule has 0 spiro atoms. The molecule has 1 saturated heterocycles. The number of morpholine rings is 1. The zero-order chi connectivity index (χ0) is 17.1. The molecule has 2 saturated carbocycles. The predicted molar refractivity (Wildman–Crippen MR) is 107 cm³/mol. The molecule has 146 valence electrons. The molecule has 1 aliphatic heterocycles. The third-order valence-electron chi connectivity index (χ3n) is 5.99. The van der Waals surface area contributed by atoms with E-state index in [1.807, 2.05) is 0 Å². The molecule has 2 N–H and O–H groups in total. The van der Waals surface area contributed by atoms with Crippen LogP contribution in [0.2, 0.25) is 0 Å². The maximum atomic E-state index is 6.13. The Labute approximate surface area is 163 Å². The zero-order valence-corrected chi connectivity index (χ0v) is 16.7. The van der Waals surface area contributed by atoms with Crippen LogP contribution in [0.5, 0.6) is 5.75 Å². The topological polar surface area (TPSA) is 42.5 Å². The number of aryl methyl sites for hydroxylation is 1. The minimum Gasteiger partial charge on any atom is -0.493 e. The van der Waals surface area contributed by atoms with Crippen LogP contribution in [0.4, 0.5) is 0 Å². The molecule has 0 amide bonds. The van der Waals surface area contributed by atoms with Gasteiger partial charge in [-0.1, -0.05) is 18.6 Å². The van der Waals surface area contributed by atoms with E-state index in [0.717, 1.165) is 44.6 Å². The van der Waals surface area contributed by atoms with Crippen molar-refractivity contribution in [2.24, 2.45) is 11.8 Å². The molecule has 3 atom stereocenters. The number of hydrogen-bond acceptors (Lipinski definition) is 4. The Morgan fingerprint density at radius 1 is 1.23 bits per heavy atom. The molecule has 1 aromatic rings. The summed E-state index contributed by atoms with van der Waals surface area (Å²) in [5.41, 5.74) is 2.57. The van der Waals surface area contributed by atoms with Gasteiger partial charge >= 0.3 is 0 Å². The van der Waals surface area contributed by atoms with Crippen molar-refractivity contribution in [3.63, 3.8) is 0 Å². The summed E-state index contributed by atoms with van der Waals surface area (Å²) in [6.45, 7) is 6.63. The average molecular weight is 381 g/mol. The van der Waals surface area contributed by atoms with Gasteiger partial charge in [0.05, 0.1) is 19.8 Å². The van der Waals surface area contributed by atoms with Gasteiger partial charge in [0.25, 0.3) is 0 Å². The van der Waals surface area contributed by atoms with Gasteiger partial charge in [0.15, 0.2) is 0 Å². The molecule has 5 heteroatoms. The van der Waals surface area contributed by atoms with E-state index in [1.54, 1.807) is 0 Å². The average Bonchev–Trinajstić information content (AvgIpc) is 3.35. The molecule has 2 aliphatic carbocycles. The molecule has 1 aromatic carbocycles. The number of rotatable bonds is 7. The first kappa shape index (κ1) is 19.9. The van der Waals surface area contributed by atoms with E-state index in [2.05, 4.69) is 35.8 Å². The van der Waals surface area contributed by atoms with Gasteiger partial charge in [-0.2, -0.15) is 0 Å². The van der Waals surface area contributed by atoms with Crippen LogP contribution >= 0.6 is 12.4 Å². The molecule has 3 unspecified atom stereocenters. The first-order valence-corrected chi connectivity index (χ1v) is 10.1. The summed E-state index contributed by atoms with van der Waals surface area (Å²) in [4.78, 5) is 0. The molecule has 3 aliphatic rings. The van der Waals surface area contributed by atoms with Crippen molar-refractivity contribution in [2.45, 2.75) is 57.7 Å². The summed E-state index contributed by atoms with van der Waals surface area (Å²) in [5, 5.41) is 7.49. The number of benzene rings is 1. The van der Waals surface area contributed by atoms with Gasteiger partial charge in [0.2, 0.25) is 0 Å². The van der Waals surface area contributed by atoms with E-state index < -0.39 is 0 Å². The highest BCUT2D eigenvalue weighted by atomic mass is 35.5. The van der Waals surface area contributed by atoms with Crippen LogP contribution in [-0.2, 0) is 11.3 Å². The molecule has 0 bridgehead atoms. The van der Waals surface area contributed by atoms with E-state index in [-0.39, 0.29) is 12.4 Å². The normalized spacial score (nSPS) is 28.6. The molecule has 26 heavy (non-hydrogen) atoms. The fourth-order valence-corrected chi connectivity index (χ4v) is 4.26. The van der Waals surface area contributed by atoms with Crippen molar-refractivity contribution in [3.05, 3.63) is 29.3 Å². The van der Waals surface area contributed by atoms with Gasteiger partial charge < -0.3 is 20.1 Å². The van der Waals surface area contributed by atoms with Crippen molar-refractivity contribution in [1.82, 2.24) is 10.6 Å². The highest BCUT2D eigenvalue weighted by Gasteiger charge is 2.34. The SMILES string of the molecule is Cc1ccc(CNC2CCCC2C2COCCN2)c(OCC2CC2)c1.Cl. The summed E-state index contributed by atoms with van der Waals surface area (Å²) in [5.74, 6) is 2.55. The van der Waals surface area contributed by atoms with Gasteiger partial charge in [0, 0.05) is 30.7 Å². The summed E-state index contributed by atoms with van der Waals surface area (Å²) >= 11 is 0. The highest BCUT2D eigenvalue weighted by Crippen LogP contribution is 2.32. The lowest BCUT2D eigenvalue weighted by Crippen LogP contribution is -2.50. The first-order chi connectivity index (χ1) is 12.3. The van der Waals surface area contributed by atoms with Crippen LogP contribution in [0.25, 0.3) is 0 Å². The second kappa shape index (κ2) is 9.41. The maximum Gasteiger partial charge on any atom is 0.124 e. The lowest BCUT2D eigenvalue weighted by atomic mass is 9.94. The molecule has 0 aromatic heterocycles. The van der Waals surface area contributed by atoms with Crippen molar-refractivity contribution in [1.29, 1.82) is 0 Å². The van der Waals surface area contributed by atoms with E-state index in [0.29, 0.717) is 18.0 Å². The Balaban J connectivity index is 0.00000196. The zero-order valence-electron chi connectivity index (χ0n) is 15.8. The lowest BCUT2D eigenvalue weighted by Gasteiger charge is -2.33. The Morgan fingerprint density at radius 2 is 2.12 bits per heavy atom. The molecular formula is C21H33ClN2O2. The maximum absolute atomic E-state index is 6.13. The summed E-state index contributed by atoms with van der Waals surface area (Å²) in [6, 6.07) is 7.72. The van der Waals surface area contributed by atoms with Crippen LogP contribution in [0.3, 0.4) is 0 Å². The second-order valence-corrected chi connectivity index (χ2v) is 8.08. The third-order valence-corrected chi connectivity index (χ3v) is 5.99. The smallest absolute Gasteiger partial charge is 0.124 e. The molecule has 3 fully saturated rings. The van der Waals surface area contributed by atoms with E-state index in [9.17, 15) is 0 Å². The third kappa shape index (κ3) is 5.13. The van der Waals surface area contributed by atoms with Crippen LogP contribution in [0, 0.1) is 18.8 Å². The summed E-state index contributed by atoms with van der Waals surface area (Å²) in [7, 11) is 0. The van der Waals surface area contributed by atoms with Crippen molar-refractivity contribution < 1.29 is 9.47 Å². The number of hydrogen-bond donors (Lipinski definition) is 2. The highest BCUT2D eigenvalue weighted by molar-refractivity contribution is 5.85. The molecule has 1 heterocycles. The van der Waals surface area contributed by atoms with Gasteiger partial charge in [-0.15, -0.1) is 12.4 Å².